The minimum atomic E-state index is -0.308. The van der Waals surface area contributed by atoms with Crippen molar-refractivity contribution >= 4 is 17.1 Å². The molecule has 0 aliphatic heterocycles. The summed E-state index contributed by atoms with van der Waals surface area (Å²) in [5, 5.41) is 10.6. The highest BCUT2D eigenvalue weighted by molar-refractivity contribution is 7.07. The van der Waals surface area contributed by atoms with Gasteiger partial charge in [0.1, 0.15) is 0 Å². The molecular formula is C16H21N3OS. The Morgan fingerprint density at radius 2 is 2.38 bits per heavy atom. The minimum absolute atomic E-state index is 0.0619. The number of aromatic nitrogens is 1. The number of allylic oxidation sites excluding steroid dienone is 2. The Labute approximate surface area is 130 Å². The van der Waals surface area contributed by atoms with Crippen LogP contribution in [0.4, 0.5) is 0 Å². The van der Waals surface area contributed by atoms with Crippen LogP contribution in [-0.2, 0) is 11.2 Å². The van der Waals surface area contributed by atoms with Crippen LogP contribution in [0.25, 0.3) is 0 Å². The second kappa shape index (κ2) is 9.09. The predicted molar refractivity (Wildman–Crippen MR) is 85.8 cm³/mol. The van der Waals surface area contributed by atoms with E-state index in [0.29, 0.717) is 6.42 Å². The first-order valence-electron chi connectivity index (χ1n) is 6.88. The first-order valence-corrected chi connectivity index (χ1v) is 7.82. The van der Waals surface area contributed by atoms with E-state index in [0.717, 1.165) is 24.2 Å². The van der Waals surface area contributed by atoms with Gasteiger partial charge in [0, 0.05) is 37.4 Å². The van der Waals surface area contributed by atoms with E-state index < -0.39 is 0 Å². The van der Waals surface area contributed by atoms with Gasteiger partial charge in [-0.3, -0.25) is 4.79 Å². The number of carbonyl (C=O) groups is 1. The number of hydrogen-bond acceptors (Lipinski definition) is 5. The third-order valence-electron chi connectivity index (χ3n) is 3.34. The van der Waals surface area contributed by atoms with Crippen molar-refractivity contribution in [1.82, 2.24) is 9.88 Å². The number of hydrogen-bond donors (Lipinski definition) is 0. The molecule has 0 amide bonds. The average molecular weight is 303 g/mol. The Morgan fingerprint density at radius 1 is 1.62 bits per heavy atom. The van der Waals surface area contributed by atoms with Gasteiger partial charge in [0.05, 0.1) is 23.3 Å². The number of ketones is 1. The third-order valence-corrected chi connectivity index (χ3v) is 3.98. The van der Waals surface area contributed by atoms with Gasteiger partial charge in [0.15, 0.2) is 5.78 Å². The van der Waals surface area contributed by atoms with E-state index in [-0.39, 0.29) is 24.7 Å². The molecule has 1 heterocycles. The lowest BCUT2D eigenvalue weighted by molar-refractivity contribution is -0.123. The van der Waals surface area contributed by atoms with Gasteiger partial charge in [-0.25, -0.2) is 4.98 Å². The highest BCUT2D eigenvalue weighted by Gasteiger charge is 2.24. The minimum Gasteiger partial charge on any atom is -0.368 e. The molecule has 0 bridgehead atoms. The zero-order valence-corrected chi connectivity index (χ0v) is 13.2. The first kappa shape index (κ1) is 17.1. The number of likely N-dealkylation sites (N-methyl/N-ethyl adjacent to an activating group) is 1. The van der Waals surface area contributed by atoms with Crippen molar-refractivity contribution in [1.29, 1.82) is 5.26 Å². The number of thiazole rings is 1. The Hall–Kier alpha value is -1.93. The normalized spacial score (nSPS) is 11.4. The van der Waals surface area contributed by atoms with Gasteiger partial charge in [-0.1, -0.05) is 12.7 Å². The maximum Gasteiger partial charge on any atom is 0.156 e. The van der Waals surface area contributed by atoms with Crippen molar-refractivity contribution in [2.45, 2.75) is 38.1 Å². The fourth-order valence-electron chi connectivity index (χ4n) is 2.01. The smallest absolute Gasteiger partial charge is 0.156 e. The van der Waals surface area contributed by atoms with Crippen LogP contribution < -0.4 is 0 Å². The highest BCUT2D eigenvalue weighted by Crippen LogP contribution is 2.17. The molecule has 0 aromatic carbocycles. The molecule has 0 spiro atoms. The van der Waals surface area contributed by atoms with E-state index in [4.69, 9.17) is 5.26 Å². The molecule has 1 aromatic heterocycles. The Morgan fingerprint density at radius 3 is 2.95 bits per heavy atom. The van der Waals surface area contributed by atoms with E-state index in [1.165, 1.54) is 11.3 Å². The number of carbonyl (C=O) groups excluding carboxylic acids is 1. The summed E-state index contributed by atoms with van der Waals surface area (Å²) in [7, 11) is 1.88. The van der Waals surface area contributed by atoms with Gasteiger partial charge in [-0.05, 0) is 12.8 Å². The van der Waals surface area contributed by atoms with Crippen LogP contribution in [0, 0.1) is 11.3 Å². The quantitative estimate of drug-likeness (QED) is 0.622. The maximum absolute atomic E-state index is 12.4. The Kier molecular flexibility index (Phi) is 7.41. The summed E-state index contributed by atoms with van der Waals surface area (Å²) in [4.78, 5) is 18.5. The lowest BCUT2D eigenvalue weighted by Crippen LogP contribution is -2.39. The van der Waals surface area contributed by atoms with Crippen LogP contribution in [0.15, 0.2) is 35.8 Å². The molecule has 1 unspecified atom stereocenters. The summed E-state index contributed by atoms with van der Waals surface area (Å²) in [6.07, 6.45) is 4.52. The van der Waals surface area contributed by atoms with Crippen LogP contribution in [0.5, 0.6) is 0 Å². The predicted octanol–water partition coefficient (Wildman–Crippen LogP) is 3.34. The van der Waals surface area contributed by atoms with Crippen LogP contribution in [0.3, 0.4) is 0 Å². The molecule has 1 atom stereocenters. The second-order valence-electron chi connectivity index (χ2n) is 4.83. The Balaban J connectivity index is 2.79. The van der Waals surface area contributed by atoms with E-state index in [1.807, 2.05) is 29.5 Å². The molecule has 5 heteroatoms. The molecule has 112 valence electrons. The van der Waals surface area contributed by atoms with Crippen molar-refractivity contribution in [3.63, 3.8) is 0 Å². The van der Waals surface area contributed by atoms with Gasteiger partial charge in [0.25, 0.3) is 0 Å². The molecule has 0 saturated heterocycles. The summed E-state index contributed by atoms with van der Waals surface area (Å²) in [5.74, 6) is 0.0619. The van der Waals surface area contributed by atoms with E-state index in [2.05, 4.69) is 18.1 Å². The molecule has 0 aliphatic carbocycles. The summed E-state index contributed by atoms with van der Waals surface area (Å²) in [5.41, 5.74) is 3.57. The van der Waals surface area contributed by atoms with Crippen molar-refractivity contribution in [3.8, 4) is 6.07 Å². The monoisotopic (exact) mass is 303 g/mol. The average Bonchev–Trinajstić information content (AvgIpc) is 3.00. The zero-order valence-electron chi connectivity index (χ0n) is 12.4. The lowest BCUT2D eigenvalue weighted by atomic mass is 10.0. The Bertz CT molecular complexity index is 516. The van der Waals surface area contributed by atoms with E-state index in [9.17, 15) is 4.79 Å². The van der Waals surface area contributed by atoms with Gasteiger partial charge >= 0.3 is 0 Å². The third kappa shape index (κ3) is 5.52. The molecule has 0 N–H and O–H groups in total. The molecule has 1 aromatic rings. The van der Waals surface area contributed by atoms with E-state index in [1.54, 1.807) is 5.51 Å². The van der Waals surface area contributed by atoms with Gasteiger partial charge in [0.2, 0.25) is 0 Å². The van der Waals surface area contributed by atoms with Crippen molar-refractivity contribution in [3.05, 3.63) is 41.5 Å². The van der Waals surface area contributed by atoms with Gasteiger partial charge in [-0.2, -0.15) is 5.26 Å². The topological polar surface area (TPSA) is 57.0 Å². The van der Waals surface area contributed by atoms with E-state index >= 15 is 0 Å². The molecular weight excluding hydrogens is 282 g/mol. The van der Waals surface area contributed by atoms with Crippen LogP contribution in [0.2, 0.25) is 0 Å². The van der Waals surface area contributed by atoms with Crippen molar-refractivity contribution < 1.29 is 4.79 Å². The van der Waals surface area contributed by atoms with Crippen LogP contribution in [-0.4, -0.2) is 28.8 Å². The van der Waals surface area contributed by atoms with Gasteiger partial charge in [-0.15, -0.1) is 17.9 Å². The second-order valence-corrected chi connectivity index (χ2v) is 5.55. The molecule has 4 nitrogen and oxygen atoms in total. The fraction of sp³-hybridized carbons (Fsp3) is 0.438. The first-order chi connectivity index (χ1) is 10.1. The molecule has 1 rings (SSSR count). The molecule has 0 radical (unpaired) electrons. The molecule has 0 fully saturated rings. The van der Waals surface area contributed by atoms with Crippen molar-refractivity contribution in [2.24, 2.45) is 0 Å². The maximum atomic E-state index is 12.4. The summed E-state index contributed by atoms with van der Waals surface area (Å²) < 4.78 is 0. The zero-order chi connectivity index (χ0) is 15.7. The number of nitrogens with zero attached hydrogens (tertiary/aromatic N) is 3. The van der Waals surface area contributed by atoms with Crippen LogP contribution in [0.1, 0.15) is 31.4 Å². The van der Waals surface area contributed by atoms with Gasteiger partial charge < -0.3 is 4.90 Å². The largest absolute Gasteiger partial charge is 0.368 e. The number of nitriles is 1. The summed E-state index contributed by atoms with van der Waals surface area (Å²) in [6, 6.07) is 1.72. The number of Topliss-reactive ketones (excluding diaryl/α,β-unsaturated/α-hetero) is 1. The van der Waals surface area contributed by atoms with Crippen molar-refractivity contribution in [2.75, 3.05) is 7.05 Å². The number of rotatable bonds is 10. The summed E-state index contributed by atoms with van der Waals surface area (Å²) in [6.45, 7) is 7.75. The van der Waals surface area contributed by atoms with Crippen LogP contribution >= 0.6 is 11.3 Å². The fourth-order valence-corrected chi connectivity index (χ4v) is 2.59. The SMILES string of the molecule is C=CCCC(=C)N(C)C(Cc1cscn1)C(=O)CCC#N. The molecule has 21 heavy (non-hydrogen) atoms. The standard InChI is InChI=1S/C16H21N3OS/c1-4-5-7-13(2)19(3)15(16(20)8-6-9-17)10-14-11-21-12-18-14/h4,11-12,15H,1-2,5-8,10H2,3H3. The summed E-state index contributed by atoms with van der Waals surface area (Å²) >= 11 is 1.52. The lowest BCUT2D eigenvalue weighted by Gasteiger charge is -2.30. The highest BCUT2D eigenvalue weighted by atomic mass is 32.1. The molecule has 0 aliphatic rings. The molecule has 0 saturated carbocycles.